The molecule has 0 saturated heterocycles. The number of nitrogens with one attached hydrogen (secondary N) is 1. The third kappa shape index (κ3) is 5.23. The Labute approximate surface area is 157 Å². The highest BCUT2D eigenvalue weighted by molar-refractivity contribution is 14.1. The summed E-state index contributed by atoms with van der Waals surface area (Å²) in [4.78, 5) is 20.7. The van der Waals surface area contributed by atoms with Gasteiger partial charge in [-0.3, -0.25) is 10.2 Å². The summed E-state index contributed by atoms with van der Waals surface area (Å²) >= 11 is 6.14. The minimum Gasteiger partial charge on any atom is -0.478 e. The molecule has 0 aliphatic rings. The van der Waals surface area contributed by atoms with Crippen LogP contribution in [0.4, 0.5) is 0 Å². The largest absolute Gasteiger partial charge is 0.478 e. The maximum atomic E-state index is 11.1. The normalized spacial score (nSPS) is 9.55. The lowest BCUT2D eigenvalue weighted by Gasteiger charge is -2.13. The van der Waals surface area contributed by atoms with Gasteiger partial charge in [-0.25, -0.2) is 10.6 Å². The molecular weight excluding hydrogens is 605 g/mol. The van der Waals surface area contributed by atoms with Crippen molar-refractivity contribution in [2.45, 2.75) is 20.5 Å². The summed E-state index contributed by atoms with van der Waals surface area (Å²) in [7, 11) is 0. The molecule has 1 aromatic carbocycles. The van der Waals surface area contributed by atoms with Gasteiger partial charge in [0.2, 0.25) is 5.91 Å². The third-order valence-corrected chi connectivity index (χ3v) is 6.20. The van der Waals surface area contributed by atoms with E-state index in [2.05, 4.69) is 28.4 Å². The number of carbonyl (C=O) groups excluding carboxylic acids is 1. The number of amides is 1. The SMILES string of the molecule is CC(=O)NN.Cc1c(I)c(CO)c(I)c(C(=O)O)c1I. The molecule has 0 aliphatic heterocycles. The van der Waals surface area contributed by atoms with Crippen LogP contribution >= 0.6 is 67.8 Å². The molecule has 0 bridgehead atoms. The van der Waals surface area contributed by atoms with Crippen molar-refractivity contribution in [1.82, 2.24) is 5.43 Å². The fraction of sp³-hybridized carbons (Fsp3) is 0.273. The van der Waals surface area contributed by atoms with E-state index in [1.165, 1.54) is 6.92 Å². The van der Waals surface area contributed by atoms with E-state index in [9.17, 15) is 14.7 Å². The van der Waals surface area contributed by atoms with Crippen molar-refractivity contribution in [3.8, 4) is 0 Å². The molecule has 112 valence electrons. The fourth-order valence-electron chi connectivity index (χ4n) is 1.18. The van der Waals surface area contributed by atoms with E-state index >= 15 is 0 Å². The molecule has 0 radical (unpaired) electrons. The number of halogens is 3. The lowest BCUT2D eigenvalue weighted by molar-refractivity contribution is -0.119. The van der Waals surface area contributed by atoms with E-state index in [0.29, 0.717) is 9.13 Å². The van der Waals surface area contributed by atoms with Crippen LogP contribution in [-0.2, 0) is 11.4 Å². The summed E-state index contributed by atoms with van der Waals surface area (Å²) in [5.74, 6) is 3.41. The first-order chi connectivity index (χ1) is 9.18. The molecule has 0 fully saturated rings. The Balaban J connectivity index is 0.000000621. The maximum absolute atomic E-state index is 11.1. The lowest BCUT2D eigenvalue weighted by Crippen LogP contribution is -2.26. The van der Waals surface area contributed by atoms with Crippen LogP contribution in [0, 0.1) is 17.6 Å². The van der Waals surface area contributed by atoms with Gasteiger partial charge < -0.3 is 10.2 Å². The van der Waals surface area contributed by atoms with E-state index < -0.39 is 5.97 Å². The summed E-state index contributed by atoms with van der Waals surface area (Å²) in [5.41, 5.74) is 3.79. The van der Waals surface area contributed by atoms with Crippen molar-refractivity contribution in [2.75, 3.05) is 0 Å². The Morgan fingerprint density at radius 2 is 1.65 bits per heavy atom. The molecule has 1 rings (SSSR count). The first-order valence-corrected chi connectivity index (χ1v) is 8.39. The number of hydrogen-bond acceptors (Lipinski definition) is 4. The number of aromatic carboxylic acids is 1. The molecule has 0 heterocycles. The van der Waals surface area contributed by atoms with E-state index in [4.69, 9.17) is 5.11 Å². The van der Waals surface area contributed by atoms with Crippen LogP contribution in [0.5, 0.6) is 0 Å². The number of hydrazine groups is 1. The molecule has 20 heavy (non-hydrogen) atoms. The number of rotatable bonds is 2. The second kappa shape index (κ2) is 9.32. The Kier molecular flexibility index (Phi) is 9.45. The summed E-state index contributed by atoms with van der Waals surface area (Å²) in [5, 5.41) is 18.3. The highest BCUT2D eigenvalue weighted by atomic mass is 127. The summed E-state index contributed by atoms with van der Waals surface area (Å²) in [6.07, 6.45) is 0. The van der Waals surface area contributed by atoms with Gasteiger partial charge >= 0.3 is 5.97 Å². The molecule has 0 atom stereocenters. The second-order valence-corrected chi connectivity index (χ2v) is 6.82. The minimum absolute atomic E-state index is 0.130. The highest BCUT2D eigenvalue weighted by Crippen LogP contribution is 2.31. The number of hydrogen-bond donors (Lipinski definition) is 4. The summed E-state index contributed by atoms with van der Waals surface area (Å²) in [6, 6.07) is 0. The van der Waals surface area contributed by atoms with Crippen LogP contribution in [0.1, 0.15) is 28.4 Å². The lowest BCUT2D eigenvalue weighted by atomic mass is 10.1. The number of carboxylic acid groups (broad SMARTS) is 1. The Morgan fingerprint density at radius 3 is 1.95 bits per heavy atom. The van der Waals surface area contributed by atoms with Gasteiger partial charge in [0.25, 0.3) is 0 Å². The second-order valence-electron chi connectivity index (χ2n) is 3.58. The number of benzene rings is 1. The molecule has 9 heteroatoms. The van der Waals surface area contributed by atoms with E-state index in [1.807, 2.05) is 57.5 Å². The predicted octanol–water partition coefficient (Wildman–Crippen LogP) is 2.00. The number of carboxylic acids is 1. The van der Waals surface area contributed by atoms with Gasteiger partial charge in [0.05, 0.1) is 12.2 Å². The molecule has 6 nitrogen and oxygen atoms in total. The first kappa shape index (κ1) is 20.3. The van der Waals surface area contributed by atoms with Crippen LogP contribution in [0.3, 0.4) is 0 Å². The molecule has 0 aliphatic carbocycles. The van der Waals surface area contributed by atoms with Gasteiger partial charge in [0.15, 0.2) is 0 Å². The topological polar surface area (TPSA) is 113 Å². The fourth-order valence-corrected chi connectivity index (χ4v) is 5.15. The zero-order valence-corrected chi connectivity index (χ0v) is 17.1. The zero-order chi connectivity index (χ0) is 16.0. The van der Waals surface area contributed by atoms with Crippen molar-refractivity contribution in [1.29, 1.82) is 0 Å². The van der Waals surface area contributed by atoms with Crippen LogP contribution in [0.15, 0.2) is 0 Å². The van der Waals surface area contributed by atoms with Crippen LogP contribution < -0.4 is 11.3 Å². The van der Waals surface area contributed by atoms with Gasteiger partial charge in [-0.2, -0.15) is 0 Å². The summed E-state index contributed by atoms with van der Waals surface area (Å²) in [6.45, 7) is 3.08. The molecule has 0 unspecified atom stereocenters. The van der Waals surface area contributed by atoms with Crippen molar-refractivity contribution >= 4 is 79.6 Å². The van der Waals surface area contributed by atoms with Crippen molar-refractivity contribution in [2.24, 2.45) is 5.84 Å². The van der Waals surface area contributed by atoms with Crippen LogP contribution in [0.25, 0.3) is 0 Å². The van der Waals surface area contributed by atoms with Gasteiger partial charge in [-0.15, -0.1) is 0 Å². The van der Waals surface area contributed by atoms with E-state index in [1.54, 1.807) is 0 Å². The van der Waals surface area contributed by atoms with Crippen LogP contribution in [-0.4, -0.2) is 22.1 Å². The summed E-state index contributed by atoms with van der Waals surface area (Å²) < 4.78 is 2.31. The van der Waals surface area contributed by atoms with Crippen molar-refractivity contribution in [3.63, 3.8) is 0 Å². The third-order valence-electron chi connectivity index (χ3n) is 2.20. The zero-order valence-electron chi connectivity index (χ0n) is 10.6. The van der Waals surface area contributed by atoms with E-state index in [0.717, 1.165) is 12.7 Å². The average Bonchev–Trinajstić information content (AvgIpc) is 2.37. The van der Waals surface area contributed by atoms with Crippen molar-refractivity contribution in [3.05, 3.63) is 27.4 Å². The van der Waals surface area contributed by atoms with E-state index in [-0.39, 0.29) is 18.1 Å². The molecule has 0 spiro atoms. The molecule has 0 aromatic heterocycles. The Morgan fingerprint density at radius 1 is 1.20 bits per heavy atom. The number of nitrogens with two attached hydrogens (primary N) is 1. The monoisotopic (exact) mass is 618 g/mol. The van der Waals surface area contributed by atoms with Gasteiger partial charge in [0.1, 0.15) is 0 Å². The highest BCUT2D eigenvalue weighted by Gasteiger charge is 2.21. The smallest absolute Gasteiger partial charge is 0.337 e. The average molecular weight is 618 g/mol. The minimum atomic E-state index is -0.946. The number of carbonyl (C=O) groups is 2. The molecular formula is C11H13I3N2O4. The molecule has 5 N–H and O–H groups in total. The van der Waals surface area contributed by atoms with Gasteiger partial charge in [-0.05, 0) is 80.3 Å². The van der Waals surface area contributed by atoms with Crippen molar-refractivity contribution < 1.29 is 19.8 Å². The molecule has 1 amide bonds. The quantitative estimate of drug-likeness (QED) is 0.176. The number of aliphatic hydroxyl groups excluding tert-OH is 1. The molecule has 0 saturated carbocycles. The predicted molar refractivity (Wildman–Crippen MR) is 100 cm³/mol. The standard InChI is InChI=1S/C9H7I3O3.C2H6N2O/c1-3-6(10)4(2-13)8(12)5(7(3)11)9(14)15;1-2(5)4-3/h13H,2H2,1H3,(H,14,15);3H2,1H3,(H,4,5). The first-order valence-electron chi connectivity index (χ1n) is 5.16. The Bertz CT molecular complexity index is 535. The van der Waals surface area contributed by atoms with Gasteiger partial charge in [-0.1, -0.05) is 0 Å². The van der Waals surface area contributed by atoms with Crippen LogP contribution in [0.2, 0.25) is 0 Å². The number of aliphatic hydroxyl groups is 1. The Hall–Kier alpha value is 0.270. The molecule has 1 aromatic rings. The maximum Gasteiger partial charge on any atom is 0.337 e. The van der Waals surface area contributed by atoms with Gasteiger partial charge in [0, 0.05) is 23.2 Å².